The van der Waals surface area contributed by atoms with Crippen molar-refractivity contribution in [1.82, 2.24) is 15.3 Å². The molecule has 1 aromatic heterocycles. The Kier molecular flexibility index (Phi) is 5.25. The van der Waals surface area contributed by atoms with E-state index in [9.17, 15) is 4.79 Å². The average Bonchev–Trinajstić information content (AvgIpc) is 3.18. The van der Waals surface area contributed by atoms with Gasteiger partial charge in [-0.1, -0.05) is 68.4 Å². The van der Waals surface area contributed by atoms with Crippen molar-refractivity contribution in [3.8, 4) is 0 Å². The zero-order chi connectivity index (χ0) is 20.2. The van der Waals surface area contributed by atoms with Crippen molar-refractivity contribution < 1.29 is 4.79 Å². The molecule has 4 nitrogen and oxygen atoms in total. The fraction of sp³-hybridized carbons (Fsp3) is 0.120. The molecule has 1 amide bonds. The number of hydrogen-bond donors (Lipinski definition) is 2. The molecule has 0 bridgehead atoms. The Hall–Kier alpha value is -3.66. The molecule has 1 heterocycles. The molecule has 4 heteroatoms. The first-order chi connectivity index (χ1) is 14.1. The highest BCUT2D eigenvalue weighted by Gasteiger charge is 2.13. The van der Waals surface area contributed by atoms with E-state index in [1.165, 1.54) is 5.56 Å². The minimum atomic E-state index is -0.170. The van der Waals surface area contributed by atoms with Crippen molar-refractivity contribution in [2.45, 2.75) is 19.8 Å². The topological polar surface area (TPSA) is 57.8 Å². The summed E-state index contributed by atoms with van der Waals surface area (Å²) in [5.74, 6) is 0.931. The van der Waals surface area contributed by atoms with E-state index in [-0.39, 0.29) is 5.91 Å². The van der Waals surface area contributed by atoms with E-state index >= 15 is 0 Å². The summed E-state index contributed by atoms with van der Waals surface area (Å²) in [5.41, 5.74) is 5.30. The summed E-state index contributed by atoms with van der Waals surface area (Å²) in [6.45, 7) is 4.34. The number of imidazole rings is 1. The van der Waals surface area contributed by atoms with Gasteiger partial charge in [0.15, 0.2) is 5.82 Å². The van der Waals surface area contributed by atoms with Gasteiger partial charge in [0, 0.05) is 5.56 Å². The number of rotatable bonds is 5. The Labute approximate surface area is 170 Å². The number of fused-ring (bicyclic) bond motifs is 1. The monoisotopic (exact) mass is 381 g/mol. The summed E-state index contributed by atoms with van der Waals surface area (Å²) in [7, 11) is 0. The molecule has 0 fully saturated rings. The van der Waals surface area contributed by atoms with E-state index in [4.69, 9.17) is 0 Å². The number of benzene rings is 3. The molecule has 4 rings (SSSR count). The molecule has 4 aromatic rings. The number of hydrogen-bond acceptors (Lipinski definition) is 2. The fourth-order valence-electron chi connectivity index (χ4n) is 3.17. The van der Waals surface area contributed by atoms with Crippen LogP contribution in [-0.4, -0.2) is 15.9 Å². The minimum absolute atomic E-state index is 0.170. The van der Waals surface area contributed by atoms with Crippen LogP contribution in [0.15, 0.2) is 78.9 Å². The van der Waals surface area contributed by atoms with E-state index in [1.54, 1.807) is 12.1 Å². The van der Waals surface area contributed by atoms with Gasteiger partial charge in [0.05, 0.1) is 16.7 Å². The summed E-state index contributed by atoms with van der Waals surface area (Å²) in [5, 5.41) is 3.02. The van der Waals surface area contributed by atoms with Gasteiger partial charge in [-0.05, 0) is 47.4 Å². The lowest BCUT2D eigenvalue weighted by Gasteiger charge is -2.09. The fourth-order valence-corrected chi connectivity index (χ4v) is 3.17. The maximum absolute atomic E-state index is 12.8. The van der Waals surface area contributed by atoms with E-state index in [1.807, 2.05) is 48.5 Å². The van der Waals surface area contributed by atoms with Crippen LogP contribution in [0.4, 0.5) is 0 Å². The number of aromatic nitrogens is 2. The highest BCUT2D eigenvalue weighted by Crippen LogP contribution is 2.20. The molecule has 0 aliphatic rings. The Morgan fingerprint density at radius 1 is 0.931 bits per heavy atom. The largest absolute Gasteiger partial charge is 0.337 e. The van der Waals surface area contributed by atoms with Gasteiger partial charge in [0.2, 0.25) is 0 Å². The molecule has 0 aliphatic carbocycles. The molecule has 0 saturated heterocycles. The molecule has 0 unspecified atom stereocenters. The number of carbonyl (C=O) groups is 1. The third-order valence-corrected chi connectivity index (χ3v) is 4.84. The summed E-state index contributed by atoms with van der Waals surface area (Å²) < 4.78 is 0. The second-order valence-corrected chi connectivity index (χ2v) is 7.30. The van der Waals surface area contributed by atoms with Crippen molar-refractivity contribution in [3.05, 3.63) is 101 Å². The van der Waals surface area contributed by atoms with Crippen molar-refractivity contribution in [1.29, 1.82) is 0 Å². The quantitative estimate of drug-likeness (QED) is 0.472. The molecule has 2 N–H and O–H groups in total. The first-order valence-electron chi connectivity index (χ1n) is 9.73. The van der Waals surface area contributed by atoms with Crippen molar-refractivity contribution in [2.24, 2.45) is 0 Å². The Morgan fingerprint density at radius 2 is 1.62 bits per heavy atom. The lowest BCUT2D eigenvalue weighted by molar-refractivity contribution is 0.0973. The summed E-state index contributed by atoms with van der Waals surface area (Å²) in [6.07, 6.45) is 1.95. The van der Waals surface area contributed by atoms with Crippen LogP contribution in [0.3, 0.4) is 0 Å². The van der Waals surface area contributed by atoms with Crippen molar-refractivity contribution >= 4 is 28.7 Å². The van der Waals surface area contributed by atoms with Crippen LogP contribution >= 0.6 is 0 Å². The van der Waals surface area contributed by atoms with Crippen LogP contribution in [0.2, 0.25) is 0 Å². The Morgan fingerprint density at radius 3 is 2.31 bits per heavy atom. The summed E-state index contributed by atoms with van der Waals surface area (Å²) in [4.78, 5) is 20.8. The third kappa shape index (κ3) is 4.27. The van der Waals surface area contributed by atoms with Gasteiger partial charge in [0.25, 0.3) is 5.91 Å². The molecule has 29 heavy (non-hydrogen) atoms. The standard InChI is InChI=1S/C25H23N3O/c1-17(2)19-14-12-18(13-15-19)16-23(28-25(29)20-8-4-3-5-9-20)24-26-21-10-6-7-11-22(21)27-24/h3-17H,1-2H3,(H,26,27)(H,28,29). The van der Waals surface area contributed by atoms with Gasteiger partial charge in [-0.15, -0.1) is 0 Å². The number of aromatic amines is 1. The predicted molar refractivity (Wildman–Crippen MR) is 118 cm³/mol. The lowest BCUT2D eigenvalue weighted by Crippen LogP contribution is -2.22. The van der Waals surface area contributed by atoms with E-state index < -0.39 is 0 Å². The maximum Gasteiger partial charge on any atom is 0.255 e. The van der Waals surface area contributed by atoms with Crippen LogP contribution in [0, 0.1) is 0 Å². The molecular weight excluding hydrogens is 358 g/mol. The molecule has 0 saturated carbocycles. The second kappa shape index (κ2) is 8.15. The number of amides is 1. The number of para-hydroxylation sites is 2. The average molecular weight is 381 g/mol. The molecule has 0 spiro atoms. The number of carbonyl (C=O) groups excluding carboxylic acids is 1. The first-order valence-corrected chi connectivity index (χ1v) is 9.73. The summed E-state index contributed by atoms with van der Waals surface area (Å²) in [6, 6.07) is 25.4. The predicted octanol–water partition coefficient (Wildman–Crippen LogP) is 5.61. The van der Waals surface area contributed by atoms with Gasteiger partial charge < -0.3 is 10.3 Å². The van der Waals surface area contributed by atoms with Gasteiger partial charge in [-0.3, -0.25) is 4.79 Å². The van der Waals surface area contributed by atoms with Gasteiger partial charge in [0.1, 0.15) is 0 Å². The molecular formula is C25H23N3O. The highest BCUT2D eigenvalue weighted by molar-refractivity contribution is 6.01. The van der Waals surface area contributed by atoms with Crippen LogP contribution in [-0.2, 0) is 0 Å². The second-order valence-electron chi connectivity index (χ2n) is 7.30. The van der Waals surface area contributed by atoms with E-state index in [0.29, 0.717) is 23.0 Å². The molecule has 0 atom stereocenters. The van der Waals surface area contributed by atoms with Gasteiger partial charge in [-0.2, -0.15) is 0 Å². The van der Waals surface area contributed by atoms with Crippen LogP contribution in [0.25, 0.3) is 22.8 Å². The van der Waals surface area contributed by atoms with Gasteiger partial charge >= 0.3 is 0 Å². The zero-order valence-electron chi connectivity index (χ0n) is 16.5. The SMILES string of the molecule is CC(C)c1ccc(C=C(NC(=O)c2ccccc2)c2nc3ccccc3[nH]2)cc1. The molecule has 3 aromatic carbocycles. The van der Waals surface area contributed by atoms with E-state index in [0.717, 1.165) is 16.6 Å². The minimum Gasteiger partial charge on any atom is -0.337 e. The highest BCUT2D eigenvalue weighted by atomic mass is 16.1. The van der Waals surface area contributed by atoms with Crippen LogP contribution in [0.5, 0.6) is 0 Å². The number of nitrogens with one attached hydrogen (secondary N) is 2. The number of nitrogens with zero attached hydrogens (tertiary/aromatic N) is 1. The van der Waals surface area contributed by atoms with Crippen LogP contribution in [0.1, 0.15) is 47.1 Å². The molecule has 0 radical (unpaired) electrons. The lowest BCUT2D eigenvalue weighted by atomic mass is 10.0. The normalized spacial score (nSPS) is 11.8. The van der Waals surface area contributed by atoms with E-state index in [2.05, 4.69) is 53.4 Å². The third-order valence-electron chi connectivity index (χ3n) is 4.84. The van der Waals surface area contributed by atoms with Crippen molar-refractivity contribution in [2.75, 3.05) is 0 Å². The Balaban J connectivity index is 1.72. The van der Waals surface area contributed by atoms with Crippen LogP contribution < -0.4 is 5.32 Å². The molecule has 0 aliphatic heterocycles. The number of H-pyrrole nitrogens is 1. The molecule has 144 valence electrons. The first kappa shape index (κ1) is 18.7. The zero-order valence-corrected chi connectivity index (χ0v) is 16.5. The summed E-state index contributed by atoms with van der Waals surface area (Å²) >= 11 is 0. The smallest absolute Gasteiger partial charge is 0.255 e. The Bertz CT molecular complexity index is 1120. The van der Waals surface area contributed by atoms with Gasteiger partial charge in [-0.25, -0.2) is 4.98 Å². The maximum atomic E-state index is 12.8. The van der Waals surface area contributed by atoms with Crippen molar-refractivity contribution in [3.63, 3.8) is 0 Å².